The Hall–Kier alpha value is -2.30. The minimum Gasteiger partial charge on any atom is -0.361 e. The molecule has 0 bridgehead atoms. The van der Waals surface area contributed by atoms with Crippen LogP contribution in [0.3, 0.4) is 0 Å². The smallest absolute Gasteiger partial charge is 0.313 e. The van der Waals surface area contributed by atoms with Crippen molar-refractivity contribution in [3.63, 3.8) is 0 Å². The van der Waals surface area contributed by atoms with Gasteiger partial charge in [-0.15, -0.1) is 0 Å². The second-order valence-electron chi connectivity index (χ2n) is 5.90. The number of carbonyl (C=O) groups is 2. The highest BCUT2D eigenvalue weighted by atomic mass is 16.2. The van der Waals surface area contributed by atoms with Crippen molar-refractivity contribution < 1.29 is 9.59 Å². The topological polar surface area (TPSA) is 74.0 Å². The molecule has 1 aliphatic carbocycles. The quantitative estimate of drug-likeness (QED) is 0.589. The number of aromatic nitrogens is 1. The van der Waals surface area contributed by atoms with E-state index in [-0.39, 0.29) is 6.04 Å². The first-order valence-corrected chi connectivity index (χ1v) is 7.91. The summed E-state index contributed by atoms with van der Waals surface area (Å²) < 4.78 is 0. The van der Waals surface area contributed by atoms with Crippen molar-refractivity contribution >= 4 is 28.4 Å². The van der Waals surface area contributed by atoms with Gasteiger partial charge in [-0.2, -0.15) is 0 Å². The predicted octanol–water partition coefficient (Wildman–Crippen LogP) is 2.95. The van der Waals surface area contributed by atoms with Gasteiger partial charge < -0.3 is 15.6 Å². The molecule has 0 saturated heterocycles. The molecule has 0 radical (unpaired) electrons. The van der Waals surface area contributed by atoms with Gasteiger partial charge in [0.1, 0.15) is 0 Å². The number of rotatable bonds is 2. The monoisotopic (exact) mass is 299 g/mol. The number of hydrogen-bond donors (Lipinski definition) is 3. The number of H-pyrrole nitrogens is 1. The van der Waals surface area contributed by atoms with Crippen LogP contribution in [0.25, 0.3) is 10.9 Å². The van der Waals surface area contributed by atoms with E-state index in [0.29, 0.717) is 5.69 Å². The Morgan fingerprint density at radius 3 is 2.55 bits per heavy atom. The fraction of sp³-hybridized carbons (Fsp3) is 0.412. The van der Waals surface area contributed by atoms with Gasteiger partial charge in [0.05, 0.1) is 0 Å². The third kappa shape index (κ3) is 3.47. The van der Waals surface area contributed by atoms with E-state index < -0.39 is 11.8 Å². The molecular formula is C17H21N3O2. The molecule has 3 rings (SSSR count). The third-order valence-corrected chi connectivity index (χ3v) is 4.21. The average molecular weight is 299 g/mol. The Labute approximate surface area is 129 Å². The fourth-order valence-corrected chi connectivity index (χ4v) is 2.99. The Morgan fingerprint density at radius 1 is 1.00 bits per heavy atom. The predicted molar refractivity (Wildman–Crippen MR) is 86.6 cm³/mol. The molecule has 3 N–H and O–H groups in total. The van der Waals surface area contributed by atoms with Gasteiger partial charge in [0, 0.05) is 28.8 Å². The zero-order valence-electron chi connectivity index (χ0n) is 12.5. The van der Waals surface area contributed by atoms with E-state index in [1.807, 2.05) is 24.4 Å². The molecule has 116 valence electrons. The lowest BCUT2D eigenvalue weighted by molar-refractivity contribution is -0.136. The van der Waals surface area contributed by atoms with Crippen LogP contribution < -0.4 is 10.6 Å². The van der Waals surface area contributed by atoms with Crippen molar-refractivity contribution in [2.45, 2.75) is 44.6 Å². The molecule has 22 heavy (non-hydrogen) atoms. The highest BCUT2D eigenvalue weighted by Crippen LogP contribution is 2.18. The molecule has 1 saturated carbocycles. The van der Waals surface area contributed by atoms with Crippen molar-refractivity contribution in [1.29, 1.82) is 0 Å². The average Bonchev–Trinajstić information content (AvgIpc) is 2.83. The highest BCUT2D eigenvalue weighted by Gasteiger charge is 2.19. The van der Waals surface area contributed by atoms with E-state index in [0.717, 1.165) is 36.6 Å². The van der Waals surface area contributed by atoms with E-state index in [9.17, 15) is 9.59 Å². The summed E-state index contributed by atoms with van der Waals surface area (Å²) in [5.74, 6) is -1.14. The molecule has 0 atom stereocenters. The molecule has 1 fully saturated rings. The van der Waals surface area contributed by atoms with Crippen molar-refractivity contribution in [3.05, 3.63) is 30.5 Å². The van der Waals surface area contributed by atoms with Gasteiger partial charge in [-0.3, -0.25) is 9.59 Å². The van der Waals surface area contributed by atoms with Crippen LogP contribution in [0.1, 0.15) is 38.5 Å². The summed E-state index contributed by atoms with van der Waals surface area (Å²) in [5.41, 5.74) is 1.63. The number of carbonyl (C=O) groups excluding carboxylic acids is 2. The number of aromatic amines is 1. The van der Waals surface area contributed by atoms with Crippen LogP contribution in [0, 0.1) is 0 Å². The van der Waals surface area contributed by atoms with Crippen molar-refractivity contribution in [1.82, 2.24) is 10.3 Å². The molecule has 0 spiro atoms. The van der Waals surface area contributed by atoms with Crippen molar-refractivity contribution in [2.24, 2.45) is 0 Å². The molecule has 5 nitrogen and oxygen atoms in total. The van der Waals surface area contributed by atoms with Gasteiger partial charge in [0.25, 0.3) is 0 Å². The van der Waals surface area contributed by atoms with Crippen LogP contribution in [0.4, 0.5) is 5.69 Å². The molecule has 0 aliphatic heterocycles. The summed E-state index contributed by atoms with van der Waals surface area (Å²) in [6.07, 6.45) is 8.45. The summed E-state index contributed by atoms with van der Waals surface area (Å²) >= 11 is 0. The number of benzene rings is 1. The first-order valence-electron chi connectivity index (χ1n) is 7.91. The number of amides is 2. The van der Waals surface area contributed by atoms with E-state index in [4.69, 9.17) is 0 Å². The largest absolute Gasteiger partial charge is 0.361 e. The van der Waals surface area contributed by atoms with E-state index in [1.54, 1.807) is 6.07 Å². The summed E-state index contributed by atoms with van der Waals surface area (Å²) in [7, 11) is 0. The zero-order chi connectivity index (χ0) is 15.4. The number of nitrogens with one attached hydrogen (secondary N) is 3. The molecule has 5 heteroatoms. The lowest BCUT2D eigenvalue weighted by Gasteiger charge is -2.15. The molecule has 1 aliphatic rings. The van der Waals surface area contributed by atoms with Gasteiger partial charge in [-0.05, 0) is 37.1 Å². The minimum absolute atomic E-state index is 0.132. The van der Waals surface area contributed by atoms with E-state index in [1.165, 1.54) is 12.8 Å². The van der Waals surface area contributed by atoms with Crippen molar-refractivity contribution in [2.75, 3.05) is 5.32 Å². The van der Waals surface area contributed by atoms with Gasteiger partial charge in [0.15, 0.2) is 0 Å². The Morgan fingerprint density at radius 2 is 1.77 bits per heavy atom. The molecule has 1 aromatic heterocycles. The molecule has 1 heterocycles. The van der Waals surface area contributed by atoms with Gasteiger partial charge in [-0.25, -0.2) is 0 Å². The Bertz CT molecular complexity index is 669. The van der Waals surface area contributed by atoms with Gasteiger partial charge >= 0.3 is 11.8 Å². The second kappa shape index (κ2) is 6.64. The Balaban J connectivity index is 1.59. The zero-order valence-corrected chi connectivity index (χ0v) is 12.5. The summed E-state index contributed by atoms with van der Waals surface area (Å²) in [5, 5.41) is 6.52. The highest BCUT2D eigenvalue weighted by molar-refractivity contribution is 6.39. The van der Waals surface area contributed by atoms with Crippen molar-refractivity contribution in [3.8, 4) is 0 Å². The standard InChI is InChI=1S/C17H21N3O2/c21-16(19-13-5-3-1-2-4-6-13)17(22)20-14-7-8-15-12(11-14)9-10-18-15/h7-11,13,18H,1-6H2,(H,19,21)(H,20,22). The van der Waals surface area contributed by atoms with Gasteiger partial charge in [-0.1, -0.05) is 25.7 Å². The summed E-state index contributed by atoms with van der Waals surface area (Å²) in [4.78, 5) is 27.1. The Kier molecular flexibility index (Phi) is 4.42. The van der Waals surface area contributed by atoms with Gasteiger partial charge in [0.2, 0.25) is 0 Å². The number of anilines is 1. The number of fused-ring (bicyclic) bond motifs is 1. The number of hydrogen-bond acceptors (Lipinski definition) is 2. The lowest BCUT2D eigenvalue weighted by atomic mass is 10.1. The van der Waals surface area contributed by atoms with Crippen LogP contribution in [-0.4, -0.2) is 22.8 Å². The lowest BCUT2D eigenvalue weighted by Crippen LogP contribution is -2.41. The van der Waals surface area contributed by atoms with Crippen LogP contribution in [-0.2, 0) is 9.59 Å². The molecule has 0 unspecified atom stereocenters. The normalized spacial score (nSPS) is 16.2. The van der Waals surface area contributed by atoms with Crippen LogP contribution >= 0.6 is 0 Å². The van der Waals surface area contributed by atoms with Crippen LogP contribution in [0.2, 0.25) is 0 Å². The maximum absolute atomic E-state index is 12.0. The maximum Gasteiger partial charge on any atom is 0.313 e. The summed E-state index contributed by atoms with van der Waals surface area (Å²) in [6.45, 7) is 0. The van der Waals surface area contributed by atoms with Crippen LogP contribution in [0.15, 0.2) is 30.5 Å². The molecular weight excluding hydrogens is 278 g/mol. The first kappa shape index (κ1) is 14.6. The van der Waals surface area contributed by atoms with E-state index in [2.05, 4.69) is 15.6 Å². The maximum atomic E-state index is 12.0. The third-order valence-electron chi connectivity index (χ3n) is 4.21. The van der Waals surface area contributed by atoms with Crippen LogP contribution in [0.5, 0.6) is 0 Å². The van der Waals surface area contributed by atoms with E-state index >= 15 is 0 Å². The SMILES string of the molecule is O=C(Nc1ccc2[nH]ccc2c1)C(=O)NC1CCCCCC1. The molecule has 2 amide bonds. The first-order chi connectivity index (χ1) is 10.7. The summed E-state index contributed by atoms with van der Waals surface area (Å²) in [6, 6.07) is 7.58. The minimum atomic E-state index is -0.598. The molecule has 2 aromatic rings. The molecule has 1 aromatic carbocycles. The fourth-order valence-electron chi connectivity index (χ4n) is 2.99. The second-order valence-corrected chi connectivity index (χ2v) is 5.90.